The van der Waals surface area contributed by atoms with Crippen molar-refractivity contribution in [2.24, 2.45) is 0 Å². The van der Waals surface area contributed by atoms with E-state index in [4.69, 9.17) is 13.6 Å². The lowest BCUT2D eigenvalue weighted by atomic mass is 10.2. The van der Waals surface area contributed by atoms with Crippen LogP contribution in [0.5, 0.6) is 5.75 Å². The molecule has 0 aliphatic heterocycles. The summed E-state index contributed by atoms with van der Waals surface area (Å²) in [5.74, 6) is 3.55. The first-order valence-electron chi connectivity index (χ1n) is 6.69. The van der Waals surface area contributed by atoms with Crippen LogP contribution in [0.2, 0.25) is 0 Å². The first-order valence-corrected chi connectivity index (χ1v) is 9.07. The van der Waals surface area contributed by atoms with Crippen molar-refractivity contribution in [1.29, 1.82) is 0 Å². The first kappa shape index (κ1) is 15.9. The molecule has 2 heterocycles. The van der Waals surface area contributed by atoms with E-state index in [9.17, 15) is 0 Å². The first-order chi connectivity index (χ1) is 11.3. The molecule has 0 atom stereocenters. The molecule has 0 aliphatic carbocycles. The highest BCUT2D eigenvalue weighted by atomic mass is 32.2. The maximum absolute atomic E-state index is 5.64. The van der Waals surface area contributed by atoms with Gasteiger partial charge in [0.1, 0.15) is 5.75 Å². The van der Waals surface area contributed by atoms with E-state index in [2.05, 4.69) is 20.4 Å². The van der Waals surface area contributed by atoms with Gasteiger partial charge in [-0.15, -0.1) is 20.4 Å². The van der Waals surface area contributed by atoms with Crippen LogP contribution in [0, 0.1) is 0 Å². The van der Waals surface area contributed by atoms with Gasteiger partial charge in [0.15, 0.2) is 0 Å². The number of rotatable bonds is 7. The number of aromatic nitrogens is 4. The van der Waals surface area contributed by atoms with E-state index < -0.39 is 0 Å². The normalized spacial score (nSPS) is 10.9. The van der Waals surface area contributed by atoms with Gasteiger partial charge in [-0.2, -0.15) is 11.8 Å². The van der Waals surface area contributed by atoms with Crippen molar-refractivity contribution in [2.75, 3.05) is 13.4 Å². The minimum atomic E-state index is 0.469. The molecule has 7 nitrogen and oxygen atoms in total. The number of ether oxygens (including phenoxy) is 1. The van der Waals surface area contributed by atoms with Gasteiger partial charge in [-0.05, 0) is 30.5 Å². The molecule has 9 heteroatoms. The Balaban J connectivity index is 1.62. The monoisotopic (exact) mass is 350 g/mol. The van der Waals surface area contributed by atoms with Crippen LogP contribution in [0.3, 0.4) is 0 Å². The lowest BCUT2D eigenvalue weighted by Crippen LogP contribution is -1.82. The summed E-state index contributed by atoms with van der Waals surface area (Å²) >= 11 is 3.00. The van der Waals surface area contributed by atoms with Crippen molar-refractivity contribution in [3.8, 4) is 17.2 Å². The van der Waals surface area contributed by atoms with Crippen LogP contribution in [0.25, 0.3) is 11.5 Å². The molecule has 0 N–H and O–H groups in total. The van der Waals surface area contributed by atoms with Crippen LogP contribution in [-0.4, -0.2) is 33.8 Å². The summed E-state index contributed by atoms with van der Waals surface area (Å²) in [6.07, 6.45) is 1.98. The van der Waals surface area contributed by atoms with Gasteiger partial charge in [0.2, 0.25) is 17.7 Å². The highest BCUT2D eigenvalue weighted by Crippen LogP contribution is 2.25. The summed E-state index contributed by atoms with van der Waals surface area (Å²) in [5.41, 5.74) is 0.842. The molecule has 0 unspecified atom stereocenters. The summed E-state index contributed by atoms with van der Waals surface area (Å²) in [6.45, 7) is 0. The quantitative estimate of drug-likeness (QED) is 0.596. The molecule has 3 rings (SSSR count). The van der Waals surface area contributed by atoms with E-state index in [1.54, 1.807) is 18.9 Å². The average Bonchev–Trinajstić information content (AvgIpc) is 3.23. The minimum absolute atomic E-state index is 0.469. The standard InChI is InChI=1S/C14H14N4O3S2/c1-19-10-5-3-9(4-6-10)13-17-15-12(20-13)8-23-14-18-16-11(21-14)7-22-2/h3-6H,7-8H2,1-2H3. The molecule has 120 valence electrons. The number of thioether (sulfide) groups is 2. The Morgan fingerprint density at radius 1 is 0.957 bits per heavy atom. The average molecular weight is 350 g/mol. The lowest BCUT2D eigenvalue weighted by Gasteiger charge is -1.99. The van der Waals surface area contributed by atoms with E-state index in [-0.39, 0.29) is 0 Å². The molecule has 0 amide bonds. The fourth-order valence-electron chi connectivity index (χ4n) is 1.76. The van der Waals surface area contributed by atoms with Gasteiger partial charge in [-0.1, -0.05) is 11.8 Å². The third-order valence-electron chi connectivity index (χ3n) is 2.84. The number of hydrogen-bond acceptors (Lipinski definition) is 9. The maximum atomic E-state index is 5.64. The molecule has 0 radical (unpaired) electrons. The van der Waals surface area contributed by atoms with Crippen LogP contribution in [-0.2, 0) is 11.5 Å². The van der Waals surface area contributed by atoms with E-state index in [0.29, 0.717) is 34.4 Å². The van der Waals surface area contributed by atoms with Crippen LogP contribution in [0.4, 0.5) is 0 Å². The lowest BCUT2D eigenvalue weighted by molar-refractivity contribution is 0.415. The molecule has 1 aromatic carbocycles. The summed E-state index contributed by atoms with van der Waals surface area (Å²) in [5, 5.41) is 16.5. The Bertz CT molecular complexity index is 757. The molecule has 0 spiro atoms. The number of methoxy groups -OCH3 is 1. The van der Waals surface area contributed by atoms with Crippen molar-refractivity contribution in [1.82, 2.24) is 20.4 Å². The van der Waals surface area contributed by atoms with Crippen molar-refractivity contribution < 1.29 is 13.6 Å². The molecular weight excluding hydrogens is 336 g/mol. The third kappa shape index (κ3) is 4.05. The van der Waals surface area contributed by atoms with Gasteiger partial charge < -0.3 is 13.6 Å². The fourth-order valence-corrected chi connectivity index (χ4v) is 2.74. The van der Waals surface area contributed by atoms with Crippen LogP contribution < -0.4 is 4.74 Å². The molecule has 23 heavy (non-hydrogen) atoms. The zero-order valence-corrected chi connectivity index (χ0v) is 14.2. The summed E-state index contributed by atoms with van der Waals surface area (Å²) in [6, 6.07) is 7.44. The van der Waals surface area contributed by atoms with Gasteiger partial charge in [0.05, 0.1) is 18.6 Å². The van der Waals surface area contributed by atoms with Gasteiger partial charge in [0.25, 0.3) is 5.22 Å². The largest absolute Gasteiger partial charge is 0.497 e. The summed E-state index contributed by atoms with van der Waals surface area (Å²) in [4.78, 5) is 0. The molecule has 0 saturated heterocycles. The predicted octanol–water partition coefficient (Wildman–Crippen LogP) is 3.28. The molecule has 2 aromatic heterocycles. The van der Waals surface area contributed by atoms with E-state index in [1.165, 1.54) is 11.8 Å². The number of hydrogen-bond donors (Lipinski definition) is 0. The molecular formula is C14H14N4O3S2. The third-order valence-corrected chi connectivity index (χ3v) is 4.18. The Morgan fingerprint density at radius 3 is 2.43 bits per heavy atom. The number of benzene rings is 1. The second kappa shape index (κ2) is 7.51. The van der Waals surface area contributed by atoms with E-state index >= 15 is 0 Å². The van der Waals surface area contributed by atoms with Crippen LogP contribution in [0.15, 0.2) is 38.3 Å². The Labute approximate surface area is 141 Å². The Morgan fingerprint density at radius 2 is 1.70 bits per heavy atom. The van der Waals surface area contributed by atoms with Crippen LogP contribution in [0.1, 0.15) is 11.8 Å². The molecule has 3 aromatic rings. The smallest absolute Gasteiger partial charge is 0.277 e. The molecule has 0 aliphatic rings. The SMILES string of the molecule is COc1ccc(-c2nnc(CSc3nnc(CSC)o3)o2)cc1. The van der Waals surface area contributed by atoms with Crippen molar-refractivity contribution in [3.63, 3.8) is 0 Å². The Kier molecular flexibility index (Phi) is 5.19. The van der Waals surface area contributed by atoms with E-state index in [0.717, 1.165) is 11.3 Å². The zero-order chi connectivity index (χ0) is 16.1. The topological polar surface area (TPSA) is 87.1 Å². The second-order valence-electron chi connectivity index (χ2n) is 4.41. The molecule has 0 bridgehead atoms. The van der Waals surface area contributed by atoms with Crippen molar-refractivity contribution in [3.05, 3.63) is 36.0 Å². The van der Waals surface area contributed by atoms with Gasteiger partial charge in [-0.3, -0.25) is 0 Å². The summed E-state index contributed by atoms with van der Waals surface area (Å²) < 4.78 is 16.2. The van der Waals surface area contributed by atoms with Gasteiger partial charge >= 0.3 is 0 Å². The highest BCUT2D eigenvalue weighted by Gasteiger charge is 2.12. The van der Waals surface area contributed by atoms with Gasteiger partial charge in [-0.25, -0.2) is 0 Å². The predicted molar refractivity (Wildman–Crippen MR) is 87.4 cm³/mol. The zero-order valence-electron chi connectivity index (χ0n) is 12.6. The fraction of sp³-hybridized carbons (Fsp3) is 0.286. The summed E-state index contributed by atoms with van der Waals surface area (Å²) in [7, 11) is 1.62. The highest BCUT2D eigenvalue weighted by molar-refractivity contribution is 7.98. The molecule has 0 saturated carbocycles. The van der Waals surface area contributed by atoms with Crippen LogP contribution >= 0.6 is 23.5 Å². The van der Waals surface area contributed by atoms with Crippen molar-refractivity contribution in [2.45, 2.75) is 16.7 Å². The minimum Gasteiger partial charge on any atom is -0.497 e. The number of nitrogens with zero attached hydrogens (tertiary/aromatic N) is 4. The van der Waals surface area contributed by atoms with Crippen molar-refractivity contribution >= 4 is 23.5 Å². The van der Waals surface area contributed by atoms with Gasteiger partial charge in [0, 0.05) is 5.56 Å². The molecule has 0 fully saturated rings. The Hall–Kier alpha value is -2.00. The van der Waals surface area contributed by atoms with E-state index in [1.807, 2.05) is 30.5 Å². The maximum Gasteiger partial charge on any atom is 0.277 e. The second-order valence-corrected chi connectivity index (χ2v) is 6.21.